The van der Waals surface area contributed by atoms with Gasteiger partial charge < -0.3 is 11.5 Å². The van der Waals surface area contributed by atoms with Gasteiger partial charge in [0.1, 0.15) is 11.6 Å². The number of nitrogens with two attached hydrogens (primary N) is 2. The fourth-order valence-electron chi connectivity index (χ4n) is 1.03. The molecular formula is C9H13N5S. The minimum atomic E-state index is 0.191. The fourth-order valence-corrected chi connectivity index (χ4v) is 1.97. The second-order valence-electron chi connectivity index (χ2n) is 3.01. The maximum Gasteiger partial charge on any atom is 0.191 e. The second-order valence-corrected chi connectivity index (χ2v) is 4.28. The normalized spacial score (nSPS) is 12.0. The fraction of sp³-hybridized carbons (Fsp3) is 0.444. The summed E-state index contributed by atoms with van der Waals surface area (Å²) in [7, 11) is 0. The SMILES string of the molecule is CCC(CC#N)Sc1nc(N)cc(N)n1. The lowest BCUT2D eigenvalue weighted by Crippen LogP contribution is -2.04. The first kappa shape index (κ1) is 11.6. The van der Waals surface area contributed by atoms with Gasteiger partial charge in [-0.2, -0.15) is 5.26 Å². The molecule has 0 spiro atoms. The first-order chi connectivity index (χ1) is 7.15. The number of hydrogen-bond donors (Lipinski definition) is 2. The van der Waals surface area contributed by atoms with E-state index in [0.29, 0.717) is 23.2 Å². The number of anilines is 2. The van der Waals surface area contributed by atoms with Crippen molar-refractivity contribution in [1.29, 1.82) is 5.26 Å². The number of nitriles is 1. The Morgan fingerprint density at radius 2 is 2.07 bits per heavy atom. The van der Waals surface area contributed by atoms with Crippen molar-refractivity contribution in [3.63, 3.8) is 0 Å². The summed E-state index contributed by atoms with van der Waals surface area (Å²) in [6, 6.07) is 3.64. The van der Waals surface area contributed by atoms with Gasteiger partial charge in [-0.15, -0.1) is 0 Å². The molecule has 1 heterocycles. The molecule has 15 heavy (non-hydrogen) atoms. The van der Waals surface area contributed by atoms with E-state index in [2.05, 4.69) is 16.0 Å². The molecule has 1 aromatic heterocycles. The van der Waals surface area contributed by atoms with Crippen LogP contribution in [0.3, 0.4) is 0 Å². The van der Waals surface area contributed by atoms with Gasteiger partial charge in [-0.25, -0.2) is 9.97 Å². The van der Waals surface area contributed by atoms with Crippen LogP contribution < -0.4 is 11.5 Å². The monoisotopic (exact) mass is 223 g/mol. The van der Waals surface area contributed by atoms with Crippen molar-refractivity contribution in [2.24, 2.45) is 0 Å². The van der Waals surface area contributed by atoms with E-state index in [1.165, 1.54) is 17.8 Å². The van der Waals surface area contributed by atoms with E-state index >= 15 is 0 Å². The van der Waals surface area contributed by atoms with E-state index in [0.717, 1.165) is 6.42 Å². The van der Waals surface area contributed by atoms with Crippen molar-refractivity contribution in [3.8, 4) is 6.07 Å². The Morgan fingerprint density at radius 3 is 2.53 bits per heavy atom. The topological polar surface area (TPSA) is 102 Å². The van der Waals surface area contributed by atoms with Crippen molar-refractivity contribution in [2.45, 2.75) is 30.2 Å². The Labute approximate surface area is 92.9 Å². The first-order valence-corrected chi connectivity index (χ1v) is 5.47. The molecule has 6 heteroatoms. The van der Waals surface area contributed by atoms with Crippen molar-refractivity contribution in [2.75, 3.05) is 11.5 Å². The minimum absolute atomic E-state index is 0.191. The number of nitrogens with zero attached hydrogens (tertiary/aromatic N) is 3. The molecule has 5 nitrogen and oxygen atoms in total. The third-order valence-corrected chi connectivity index (χ3v) is 3.02. The zero-order chi connectivity index (χ0) is 11.3. The molecule has 0 saturated heterocycles. The molecular weight excluding hydrogens is 210 g/mol. The summed E-state index contributed by atoms with van der Waals surface area (Å²) < 4.78 is 0. The summed E-state index contributed by atoms with van der Waals surface area (Å²) in [6.07, 6.45) is 1.36. The van der Waals surface area contributed by atoms with Gasteiger partial charge in [0.05, 0.1) is 6.07 Å². The van der Waals surface area contributed by atoms with Crippen molar-refractivity contribution in [1.82, 2.24) is 9.97 Å². The summed E-state index contributed by atoms with van der Waals surface area (Å²) in [5, 5.41) is 9.33. The Balaban J connectivity index is 2.75. The van der Waals surface area contributed by atoms with Crippen LogP contribution in [-0.4, -0.2) is 15.2 Å². The molecule has 0 fully saturated rings. The Kier molecular flexibility index (Phi) is 4.18. The third-order valence-electron chi connectivity index (χ3n) is 1.79. The number of aromatic nitrogens is 2. The highest BCUT2D eigenvalue weighted by Crippen LogP contribution is 2.25. The molecule has 80 valence electrons. The molecule has 1 atom stereocenters. The highest BCUT2D eigenvalue weighted by atomic mass is 32.2. The van der Waals surface area contributed by atoms with E-state index in [9.17, 15) is 0 Å². The van der Waals surface area contributed by atoms with Crippen LogP contribution in [0, 0.1) is 11.3 Å². The maximum atomic E-state index is 8.60. The predicted octanol–water partition coefficient (Wildman–Crippen LogP) is 1.43. The number of thioether (sulfide) groups is 1. The van der Waals surface area contributed by atoms with E-state index in [-0.39, 0.29) is 5.25 Å². The Hall–Kier alpha value is -1.48. The Bertz CT molecular complexity index is 353. The van der Waals surface area contributed by atoms with E-state index in [4.69, 9.17) is 16.7 Å². The largest absolute Gasteiger partial charge is 0.383 e. The summed E-state index contributed by atoms with van der Waals surface area (Å²) >= 11 is 1.44. The van der Waals surface area contributed by atoms with Crippen LogP contribution in [0.1, 0.15) is 19.8 Å². The number of rotatable bonds is 4. The highest BCUT2D eigenvalue weighted by Gasteiger charge is 2.10. The van der Waals surface area contributed by atoms with Crippen molar-refractivity contribution in [3.05, 3.63) is 6.07 Å². The van der Waals surface area contributed by atoms with Crippen LogP contribution in [0.15, 0.2) is 11.2 Å². The molecule has 0 radical (unpaired) electrons. The zero-order valence-electron chi connectivity index (χ0n) is 8.47. The lowest BCUT2D eigenvalue weighted by Gasteiger charge is -2.09. The zero-order valence-corrected chi connectivity index (χ0v) is 9.29. The first-order valence-electron chi connectivity index (χ1n) is 4.59. The van der Waals surface area contributed by atoms with Crippen LogP contribution >= 0.6 is 11.8 Å². The summed E-state index contributed by atoms with van der Waals surface area (Å²) in [4.78, 5) is 8.09. The van der Waals surface area contributed by atoms with Gasteiger partial charge in [-0.3, -0.25) is 0 Å². The van der Waals surface area contributed by atoms with Gasteiger partial charge in [0.2, 0.25) is 0 Å². The van der Waals surface area contributed by atoms with Gasteiger partial charge in [0, 0.05) is 17.7 Å². The minimum Gasteiger partial charge on any atom is -0.383 e. The van der Waals surface area contributed by atoms with Gasteiger partial charge in [0.15, 0.2) is 5.16 Å². The second kappa shape index (κ2) is 5.41. The predicted molar refractivity (Wildman–Crippen MR) is 61.0 cm³/mol. The van der Waals surface area contributed by atoms with Crippen LogP contribution in [-0.2, 0) is 0 Å². The van der Waals surface area contributed by atoms with Crippen LogP contribution in [0.25, 0.3) is 0 Å². The van der Waals surface area contributed by atoms with Gasteiger partial charge in [-0.1, -0.05) is 18.7 Å². The molecule has 1 rings (SSSR count). The highest BCUT2D eigenvalue weighted by molar-refractivity contribution is 7.99. The van der Waals surface area contributed by atoms with E-state index < -0.39 is 0 Å². The van der Waals surface area contributed by atoms with Crippen molar-refractivity contribution >= 4 is 23.4 Å². The molecule has 0 aromatic carbocycles. The molecule has 1 unspecified atom stereocenters. The third kappa shape index (κ3) is 3.64. The molecule has 1 aromatic rings. The molecule has 0 amide bonds. The quantitative estimate of drug-likeness (QED) is 0.591. The number of hydrogen-bond acceptors (Lipinski definition) is 6. The van der Waals surface area contributed by atoms with Crippen LogP contribution in [0.5, 0.6) is 0 Å². The van der Waals surface area contributed by atoms with Gasteiger partial charge in [-0.05, 0) is 6.42 Å². The smallest absolute Gasteiger partial charge is 0.191 e. The van der Waals surface area contributed by atoms with E-state index in [1.807, 2.05) is 6.92 Å². The van der Waals surface area contributed by atoms with Gasteiger partial charge >= 0.3 is 0 Å². The molecule has 0 bridgehead atoms. The van der Waals surface area contributed by atoms with Crippen LogP contribution in [0.4, 0.5) is 11.6 Å². The molecule has 0 saturated carbocycles. The summed E-state index contributed by atoms with van der Waals surface area (Å²) in [5.41, 5.74) is 11.1. The lowest BCUT2D eigenvalue weighted by molar-refractivity contribution is 0.833. The average Bonchev–Trinajstić information content (AvgIpc) is 2.15. The number of nitrogen functional groups attached to an aromatic ring is 2. The van der Waals surface area contributed by atoms with E-state index in [1.54, 1.807) is 0 Å². The Morgan fingerprint density at radius 1 is 1.47 bits per heavy atom. The lowest BCUT2D eigenvalue weighted by atomic mass is 10.3. The average molecular weight is 223 g/mol. The standard InChI is InChI=1S/C9H13N5S/c1-2-6(3-4-10)15-9-13-7(11)5-8(12)14-9/h5-6H,2-3H2,1H3,(H4,11,12,13,14). The summed E-state index contributed by atoms with van der Waals surface area (Å²) in [6.45, 7) is 2.02. The summed E-state index contributed by atoms with van der Waals surface area (Å²) in [5.74, 6) is 0.716. The molecule has 4 N–H and O–H groups in total. The molecule has 0 aliphatic heterocycles. The maximum absolute atomic E-state index is 8.60. The van der Waals surface area contributed by atoms with Crippen molar-refractivity contribution < 1.29 is 0 Å². The van der Waals surface area contributed by atoms with Gasteiger partial charge in [0.25, 0.3) is 0 Å². The molecule has 0 aliphatic rings. The van der Waals surface area contributed by atoms with Crippen LogP contribution in [0.2, 0.25) is 0 Å². The molecule has 0 aliphatic carbocycles.